The van der Waals surface area contributed by atoms with Gasteiger partial charge in [0, 0.05) is 12.1 Å². The molecule has 4 nitrogen and oxygen atoms in total. The molecule has 0 saturated heterocycles. The maximum absolute atomic E-state index is 13.5. The van der Waals surface area contributed by atoms with Gasteiger partial charge in [0.2, 0.25) is 0 Å². The predicted octanol–water partition coefficient (Wildman–Crippen LogP) is 3.13. The highest BCUT2D eigenvalue weighted by Gasteiger charge is 2.17. The van der Waals surface area contributed by atoms with Gasteiger partial charge >= 0.3 is 5.97 Å². The van der Waals surface area contributed by atoms with Gasteiger partial charge in [0.25, 0.3) is 0 Å². The van der Waals surface area contributed by atoms with Crippen LogP contribution in [0.4, 0.5) is 30.2 Å². The van der Waals surface area contributed by atoms with Gasteiger partial charge in [0.1, 0.15) is 11.5 Å². The molecule has 0 atom stereocenters. The number of carbonyl (C=O) groups is 1. The lowest BCUT2D eigenvalue weighted by Gasteiger charge is -2.13. The molecule has 0 radical (unpaired) electrons. The Kier molecular flexibility index (Phi) is 3.51. The highest BCUT2D eigenvalue weighted by atomic mass is 19.1. The number of nitrogens with two attached hydrogens (primary N) is 1. The summed E-state index contributed by atoms with van der Waals surface area (Å²) in [5.41, 5.74) is 4.49. The van der Waals surface area contributed by atoms with Crippen molar-refractivity contribution in [2.75, 3.05) is 11.1 Å². The van der Waals surface area contributed by atoms with Crippen molar-refractivity contribution in [3.63, 3.8) is 0 Å². The fourth-order valence-corrected chi connectivity index (χ4v) is 1.67. The molecule has 0 aromatic heterocycles. The van der Waals surface area contributed by atoms with Crippen LogP contribution in [-0.2, 0) is 0 Å². The summed E-state index contributed by atoms with van der Waals surface area (Å²) >= 11 is 0. The number of halogens is 3. The van der Waals surface area contributed by atoms with E-state index in [0.29, 0.717) is 12.1 Å². The molecule has 2 aromatic carbocycles. The molecule has 0 amide bonds. The Morgan fingerprint density at radius 2 is 1.70 bits per heavy atom. The smallest absolute Gasteiger partial charge is 0.337 e. The molecular weight excluding hydrogens is 273 g/mol. The van der Waals surface area contributed by atoms with E-state index >= 15 is 0 Å². The first-order valence-electron chi connectivity index (χ1n) is 5.43. The van der Waals surface area contributed by atoms with E-state index in [2.05, 4.69) is 5.32 Å². The van der Waals surface area contributed by atoms with Gasteiger partial charge in [0.05, 0.1) is 16.9 Å². The number of benzene rings is 2. The number of anilines is 3. The Hall–Kier alpha value is -2.70. The third-order valence-electron chi connectivity index (χ3n) is 2.58. The second-order valence-corrected chi connectivity index (χ2v) is 3.94. The van der Waals surface area contributed by atoms with Crippen LogP contribution in [0.15, 0.2) is 30.3 Å². The molecule has 2 rings (SSSR count). The molecule has 0 fully saturated rings. The normalized spacial score (nSPS) is 10.3. The summed E-state index contributed by atoms with van der Waals surface area (Å²) in [6.07, 6.45) is 0. The quantitative estimate of drug-likeness (QED) is 0.756. The topological polar surface area (TPSA) is 75.4 Å². The number of nitrogens with one attached hydrogen (secondary N) is 1. The highest BCUT2D eigenvalue weighted by molar-refractivity contribution is 5.98. The zero-order valence-electron chi connectivity index (χ0n) is 9.95. The Bertz CT molecular complexity index is 666. The average molecular weight is 282 g/mol. The molecule has 0 spiro atoms. The second-order valence-electron chi connectivity index (χ2n) is 3.94. The second kappa shape index (κ2) is 5.12. The van der Waals surface area contributed by atoms with Gasteiger partial charge in [-0.05, 0) is 12.1 Å². The van der Waals surface area contributed by atoms with Crippen molar-refractivity contribution in [2.24, 2.45) is 0 Å². The summed E-state index contributed by atoms with van der Waals surface area (Å²) in [6.45, 7) is 0. The summed E-state index contributed by atoms with van der Waals surface area (Å²) in [4.78, 5) is 11.0. The Balaban J connectivity index is 2.53. The van der Waals surface area contributed by atoms with Crippen molar-refractivity contribution in [3.8, 4) is 0 Å². The summed E-state index contributed by atoms with van der Waals surface area (Å²) in [7, 11) is 0. The van der Waals surface area contributed by atoms with Crippen molar-refractivity contribution < 1.29 is 23.1 Å². The van der Waals surface area contributed by atoms with Crippen LogP contribution in [-0.4, -0.2) is 11.1 Å². The van der Waals surface area contributed by atoms with Gasteiger partial charge in [-0.25, -0.2) is 18.0 Å². The first-order valence-corrected chi connectivity index (χ1v) is 5.43. The number of carboxylic acids is 1. The molecule has 0 bridgehead atoms. The monoisotopic (exact) mass is 282 g/mol. The van der Waals surface area contributed by atoms with E-state index in [1.54, 1.807) is 0 Å². The molecule has 20 heavy (non-hydrogen) atoms. The van der Waals surface area contributed by atoms with E-state index in [4.69, 9.17) is 10.8 Å². The summed E-state index contributed by atoms with van der Waals surface area (Å²) in [6, 6.07) is 4.94. The van der Waals surface area contributed by atoms with Gasteiger partial charge < -0.3 is 16.2 Å². The fourth-order valence-electron chi connectivity index (χ4n) is 1.67. The molecule has 0 heterocycles. The number of nitrogen functional groups attached to an aromatic ring is 1. The van der Waals surface area contributed by atoms with E-state index in [0.717, 1.165) is 0 Å². The lowest BCUT2D eigenvalue weighted by Crippen LogP contribution is -2.08. The minimum absolute atomic E-state index is 0.00646. The van der Waals surface area contributed by atoms with Crippen molar-refractivity contribution >= 4 is 23.0 Å². The summed E-state index contributed by atoms with van der Waals surface area (Å²) < 4.78 is 39.9. The van der Waals surface area contributed by atoms with Crippen LogP contribution in [0, 0.1) is 17.5 Å². The van der Waals surface area contributed by atoms with Crippen molar-refractivity contribution in [1.82, 2.24) is 0 Å². The molecule has 0 aliphatic carbocycles. The SMILES string of the molecule is Nc1cccc(C(=O)O)c1Nc1c(F)cc(F)cc1F. The van der Waals surface area contributed by atoms with Crippen LogP contribution in [0.2, 0.25) is 0 Å². The zero-order valence-corrected chi connectivity index (χ0v) is 9.95. The number of hydrogen-bond donors (Lipinski definition) is 3. The van der Waals surface area contributed by atoms with Gasteiger partial charge in [0.15, 0.2) is 11.6 Å². The molecule has 0 unspecified atom stereocenters. The van der Waals surface area contributed by atoms with Crippen molar-refractivity contribution in [1.29, 1.82) is 0 Å². The van der Waals surface area contributed by atoms with Crippen molar-refractivity contribution in [3.05, 3.63) is 53.3 Å². The molecule has 0 saturated carbocycles. The Morgan fingerprint density at radius 3 is 2.25 bits per heavy atom. The van der Waals surface area contributed by atoms with Crippen molar-refractivity contribution in [2.45, 2.75) is 0 Å². The zero-order chi connectivity index (χ0) is 14.9. The van der Waals surface area contributed by atoms with Crippen LogP contribution in [0.5, 0.6) is 0 Å². The maximum Gasteiger partial charge on any atom is 0.337 e. The molecule has 0 aliphatic heterocycles. The lowest BCUT2D eigenvalue weighted by atomic mass is 10.1. The van der Waals surface area contributed by atoms with E-state index in [1.165, 1.54) is 18.2 Å². The molecule has 0 aliphatic rings. The number of aromatic carboxylic acids is 1. The highest BCUT2D eigenvalue weighted by Crippen LogP contribution is 2.30. The van der Waals surface area contributed by atoms with E-state index < -0.39 is 29.1 Å². The number of carboxylic acid groups (broad SMARTS) is 1. The number of para-hydroxylation sites is 1. The third kappa shape index (κ3) is 2.51. The third-order valence-corrected chi connectivity index (χ3v) is 2.58. The van der Waals surface area contributed by atoms with Crippen LogP contribution >= 0.6 is 0 Å². The van der Waals surface area contributed by atoms with E-state index in [1.807, 2.05) is 0 Å². The lowest BCUT2D eigenvalue weighted by molar-refractivity contribution is 0.0698. The minimum Gasteiger partial charge on any atom is -0.478 e. The van der Waals surface area contributed by atoms with Crippen LogP contribution in [0.3, 0.4) is 0 Å². The molecule has 104 valence electrons. The van der Waals surface area contributed by atoms with Gasteiger partial charge in [-0.1, -0.05) is 6.07 Å². The van der Waals surface area contributed by atoms with Crippen LogP contribution in [0.25, 0.3) is 0 Å². The fraction of sp³-hybridized carbons (Fsp3) is 0. The predicted molar refractivity (Wildman–Crippen MR) is 67.4 cm³/mol. The molecule has 7 heteroatoms. The minimum atomic E-state index is -1.32. The van der Waals surface area contributed by atoms with Gasteiger partial charge in [-0.2, -0.15) is 0 Å². The first-order chi connectivity index (χ1) is 9.40. The number of hydrogen-bond acceptors (Lipinski definition) is 3. The standard InChI is InChI=1S/C13H9F3N2O2/c14-6-4-8(15)12(9(16)5-6)18-11-7(13(19)20)2-1-3-10(11)17/h1-5,18H,17H2,(H,19,20). The average Bonchev–Trinajstić information content (AvgIpc) is 2.34. The van der Waals surface area contributed by atoms with Gasteiger partial charge in [-0.3, -0.25) is 0 Å². The number of rotatable bonds is 3. The Morgan fingerprint density at radius 1 is 1.10 bits per heavy atom. The largest absolute Gasteiger partial charge is 0.478 e. The summed E-state index contributed by atoms with van der Waals surface area (Å²) in [5, 5.41) is 11.3. The summed E-state index contributed by atoms with van der Waals surface area (Å²) in [5.74, 6) is -4.78. The van der Waals surface area contributed by atoms with E-state index in [9.17, 15) is 18.0 Å². The Labute approximate surface area is 111 Å². The van der Waals surface area contributed by atoms with Crippen LogP contribution < -0.4 is 11.1 Å². The maximum atomic E-state index is 13.5. The molecular formula is C13H9F3N2O2. The first kappa shape index (κ1) is 13.7. The molecule has 2 aromatic rings. The molecule has 4 N–H and O–H groups in total. The van der Waals surface area contributed by atoms with Crippen LogP contribution in [0.1, 0.15) is 10.4 Å². The van der Waals surface area contributed by atoms with E-state index in [-0.39, 0.29) is 16.9 Å². The van der Waals surface area contributed by atoms with Gasteiger partial charge in [-0.15, -0.1) is 0 Å².